The van der Waals surface area contributed by atoms with Crippen LogP contribution in [0.4, 0.5) is 5.82 Å². The standard InChI is InChI=1S/C25H27N7OS/c26-24-20(25-29-21-3-1-2-4-22(21)34-25)13-17(14-27-24)18-15-28-32(16-18)19-5-8-30(9-6-19)23-7-10-31(23)11-12-33/h1-4,12-16,19,23H,5-11H2,(H2,26,27). The van der Waals surface area contributed by atoms with Gasteiger partial charge in [0, 0.05) is 43.2 Å². The van der Waals surface area contributed by atoms with Gasteiger partial charge in [0.2, 0.25) is 0 Å². The molecule has 8 nitrogen and oxygen atoms in total. The van der Waals surface area contributed by atoms with Crippen molar-refractivity contribution in [3.8, 4) is 21.7 Å². The molecule has 0 spiro atoms. The molecular formula is C25H27N7OS. The molecule has 5 heterocycles. The van der Waals surface area contributed by atoms with Gasteiger partial charge in [-0.15, -0.1) is 11.3 Å². The molecule has 6 rings (SSSR count). The molecule has 0 aliphatic carbocycles. The minimum atomic E-state index is 0.384. The Hall–Kier alpha value is -3.14. The Morgan fingerprint density at radius 3 is 2.71 bits per heavy atom. The van der Waals surface area contributed by atoms with E-state index < -0.39 is 0 Å². The summed E-state index contributed by atoms with van der Waals surface area (Å²) < 4.78 is 3.24. The summed E-state index contributed by atoms with van der Waals surface area (Å²) in [5.74, 6) is 0.488. The van der Waals surface area contributed by atoms with Gasteiger partial charge < -0.3 is 10.5 Å². The number of nitrogens with zero attached hydrogens (tertiary/aromatic N) is 6. The SMILES string of the molecule is Nc1ncc(-c2cnn(C3CCN(C4CCN4CC=O)CC3)c2)cc1-c1nc2ccccc2s1. The first-order chi connectivity index (χ1) is 16.7. The van der Waals surface area contributed by atoms with Crippen molar-refractivity contribution in [1.82, 2.24) is 29.5 Å². The van der Waals surface area contributed by atoms with Gasteiger partial charge in [-0.2, -0.15) is 5.10 Å². The first-order valence-electron chi connectivity index (χ1n) is 11.8. The number of carbonyl (C=O) groups excluding carboxylic acids is 1. The van der Waals surface area contributed by atoms with Crippen molar-refractivity contribution >= 4 is 33.7 Å². The van der Waals surface area contributed by atoms with Gasteiger partial charge in [0.25, 0.3) is 0 Å². The Morgan fingerprint density at radius 1 is 1.09 bits per heavy atom. The van der Waals surface area contributed by atoms with Crippen molar-refractivity contribution in [2.75, 3.05) is 31.9 Å². The molecule has 0 bridgehead atoms. The second-order valence-electron chi connectivity index (χ2n) is 9.05. The van der Waals surface area contributed by atoms with Crippen LogP contribution in [-0.2, 0) is 4.79 Å². The molecule has 2 N–H and O–H groups in total. The number of anilines is 1. The second-order valence-corrected chi connectivity index (χ2v) is 10.1. The predicted molar refractivity (Wildman–Crippen MR) is 134 cm³/mol. The molecule has 0 saturated carbocycles. The summed E-state index contributed by atoms with van der Waals surface area (Å²) >= 11 is 1.63. The van der Waals surface area contributed by atoms with E-state index >= 15 is 0 Å². The summed E-state index contributed by atoms with van der Waals surface area (Å²) in [5, 5.41) is 5.58. The van der Waals surface area contributed by atoms with E-state index in [2.05, 4.69) is 37.8 Å². The predicted octanol–water partition coefficient (Wildman–Crippen LogP) is 3.67. The van der Waals surface area contributed by atoms with Crippen molar-refractivity contribution in [2.45, 2.75) is 31.5 Å². The first kappa shape index (κ1) is 21.4. The molecule has 2 saturated heterocycles. The smallest absolute Gasteiger partial charge is 0.134 e. The highest BCUT2D eigenvalue weighted by Gasteiger charge is 2.35. The lowest BCUT2D eigenvalue weighted by Gasteiger charge is -2.48. The zero-order valence-corrected chi connectivity index (χ0v) is 19.7. The lowest BCUT2D eigenvalue weighted by Crippen LogP contribution is -2.59. The fraction of sp³-hybridized carbons (Fsp3) is 0.360. The molecule has 2 aliphatic rings. The molecule has 174 valence electrons. The van der Waals surface area contributed by atoms with Crippen LogP contribution in [0, 0.1) is 0 Å². The molecule has 9 heteroatoms. The Balaban J connectivity index is 1.18. The lowest BCUT2D eigenvalue weighted by molar-refractivity contribution is -0.114. The molecule has 4 aromatic rings. The Labute approximate surface area is 202 Å². The van der Waals surface area contributed by atoms with Crippen LogP contribution in [0.2, 0.25) is 0 Å². The van der Waals surface area contributed by atoms with E-state index in [0.29, 0.717) is 24.6 Å². The first-order valence-corrected chi connectivity index (χ1v) is 12.6. The van der Waals surface area contributed by atoms with Gasteiger partial charge in [0.1, 0.15) is 17.1 Å². The maximum atomic E-state index is 10.9. The number of hydrogen-bond acceptors (Lipinski definition) is 8. The molecule has 34 heavy (non-hydrogen) atoms. The summed E-state index contributed by atoms with van der Waals surface area (Å²) in [6.07, 6.45) is 10.6. The number of carbonyl (C=O) groups is 1. The van der Waals surface area contributed by atoms with Gasteiger partial charge in [-0.05, 0) is 37.5 Å². The maximum Gasteiger partial charge on any atom is 0.134 e. The van der Waals surface area contributed by atoms with Crippen molar-refractivity contribution in [3.05, 3.63) is 48.9 Å². The van der Waals surface area contributed by atoms with E-state index in [1.807, 2.05) is 30.6 Å². The van der Waals surface area contributed by atoms with E-state index in [9.17, 15) is 4.79 Å². The summed E-state index contributed by atoms with van der Waals surface area (Å²) in [5.41, 5.74) is 10.1. The normalized spacial score (nSPS) is 19.9. The monoisotopic (exact) mass is 473 g/mol. The van der Waals surface area contributed by atoms with Crippen LogP contribution < -0.4 is 5.73 Å². The fourth-order valence-electron chi connectivity index (χ4n) is 5.08. The number of aromatic nitrogens is 4. The number of nitrogens with two attached hydrogens (primary N) is 1. The number of para-hydroxylation sites is 1. The number of thiazole rings is 1. The molecule has 0 amide bonds. The molecule has 1 unspecified atom stereocenters. The molecule has 3 aromatic heterocycles. The Morgan fingerprint density at radius 2 is 1.94 bits per heavy atom. The molecule has 2 aliphatic heterocycles. The van der Waals surface area contributed by atoms with Crippen molar-refractivity contribution < 1.29 is 4.79 Å². The minimum Gasteiger partial charge on any atom is -0.383 e. The average Bonchev–Trinajstić information content (AvgIpc) is 3.50. The molecular weight excluding hydrogens is 446 g/mol. The van der Waals surface area contributed by atoms with Crippen molar-refractivity contribution in [2.24, 2.45) is 0 Å². The lowest BCUT2D eigenvalue weighted by atomic mass is 10.0. The van der Waals surface area contributed by atoms with Gasteiger partial charge in [-0.3, -0.25) is 14.5 Å². The number of fused-ring (bicyclic) bond motifs is 1. The number of aldehydes is 1. The molecule has 2 fully saturated rings. The van der Waals surface area contributed by atoms with E-state index in [0.717, 1.165) is 77.1 Å². The van der Waals surface area contributed by atoms with Crippen LogP contribution in [0.15, 0.2) is 48.9 Å². The Kier molecular flexibility index (Phi) is 5.60. The summed E-state index contributed by atoms with van der Waals surface area (Å²) in [7, 11) is 0. The fourth-order valence-corrected chi connectivity index (χ4v) is 6.07. The molecule has 1 atom stereocenters. The van der Waals surface area contributed by atoms with Crippen LogP contribution in [0.3, 0.4) is 0 Å². The maximum absolute atomic E-state index is 10.9. The largest absolute Gasteiger partial charge is 0.383 e. The zero-order chi connectivity index (χ0) is 23.1. The number of nitrogen functional groups attached to an aromatic ring is 1. The van der Waals surface area contributed by atoms with Crippen LogP contribution in [0.5, 0.6) is 0 Å². The summed E-state index contributed by atoms with van der Waals surface area (Å²) in [6, 6.07) is 10.6. The third kappa shape index (κ3) is 3.89. The van der Waals surface area contributed by atoms with E-state index in [1.54, 1.807) is 11.3 Å². The number of benzene rings is 1. The summed E-state index contributed by atoms with van der Waals surface area (Å²) in [6.45, 7) is 3.64. The van der Waals surface area contributed by atoms with Crippen LogP contribution in [0.25, 0.3) is 31.9 Å². The second kappa shape index (κ2) is 8.90. The van der Waals surface area contributed by atoms with Crippen molar-refractivity contribution in [1.29, 1.82) is 0 Å². The highest BCUT2D eigenvalue weighted by Crippen LogP contribution is 2.35. The number of likely N-dealkylation sites (tertiary alicyclic amines) is 2. The van der Waals surface area contributed by atoms with E-state index in [1.165, 1.54) is 0 Å². The average molecular weight is 474 g/mol. The minimum absolute atomic E-state index is 0.384. The molecule has 0 radical (unpaired) electrons. The summed E-state index contributed by atoms with van der Waals surface area (Å²) in [4.78, 5) is 24.9. The third-order valence-electron chi connectivity index (χ3n) is 7.08. The third-order valence-corrected chi connectivity index (χ3v) is 8.15. The van der Waals surface area contributed by atoms with Gasteiger partial charge in [-0.25, -0.2) is 9.97 Å². The van der Waals surface area contributed by atoms with Crippen LogP contribution >= 0.6 is 11.3 Å². The number of piperidine rings is 1. The van der Waals surface area contributed by atoms with Gasteiger partial charge in [0.05, 0.1) is 40.7 Å². The van der Waals surface area contributed by atoms with E-state index in [-0.39, 0.29) is 0 Å². The Bertz CT molecular complexity index is 1290. The van der Waals surface area contributed by atoms with E-state index in [4.69, 9.17) is 15.8 Å². The van der Waals surface area contributed by atoms with Crippen LogP contribution in [0.1, 0.15) is 25.3 Å². The number of pyridine rings is 1. The number of rotatable bonds is 6. The van der Waals surface area contributed by atoms with Crippen LogP contribution in [-0.4, -0.2) is 68.2 Å². The highest BCUT2D eigenvalue weighted by atomic mass is 32.1. The topological polar surface area (TPSA) is 93.2 Å². The van der Waals surface area contributed by atoms with Gasteiger partial charge in [-0.1, -0.05) is 12.1 Å². The van der Waals surface area contributed by atoms with Crippen molar-refractivity contribution in [3.63, 3.8) is 0 Å². The molecule has 1 aromatic carbocycles. The quantitative estimate of drug-likeness (QED) is 0.427. The van der Waals surface area contributed by atoms with Gasteiger partial charge >= 0.3 is 0 Å². The number of hydrogen-bond donors (Lipinski definition) is 1. The zero-order valence-electron chi connectivity index (χ0n) is 18.9. The highest BCUT2D eigenvalue weighted by molar-refractivity contribution is 7.21. The van der Waals surface area contributed by atoms with Gasteiger partial charge in [0.15, 0.2) is 0 Å².